The number of thiophene rings is 1. The van der Waals surface area contributed by atoms with Crippen LogP contribution >= 0.6 is 11.3 Å². The summed E-state index contributed by atoms with van der Waals surface area (Å²) in [5.41, 5.74) is 0.767. The van der Waals surface area contributed by atoms with Crippen LogP contribution in [-0.4, -0.2) is 40.4 Å². The summed E-state index contributed by atoms with van der Waals surface area (Å²) in [6, 6.07) is 3.84. The zero-order valence-electron chi connectivity index (χ0n) is 12.3. The van der Waals surface area contributed by atoms with Gasteiger partial charge in [-0.2, -0.15) is 13.2 Å². The third-order valence-electron chi connectivity index (χ3n) is 4.08. The SMILES string of the molecule is OC(C1CCN(Cc2coc(-c3cccs3)n2)CC1)C(F)(F)F. The highest BCUT2D eigenvalue weighted by molar-refractivity contribution is 7.13. The van der Waals surface area contributed by atoms with Gasteiger partial charge < -0.3 is 9.52 Å². The van der Waals surface area contributed by atoms with Gasteiger partial charge in [0.05, 0.1) is 10.6 Å². The second-order valence-electron chi connectivity index (χ2n) is 5.72. The number of hydrogen-bond acceptors (Lipinski definition) is 5. The van der Waals surface area contributed by atoms with Crippen LogP contribution in [0.1, 0.15) is 18.5 Å². The molecule has 0 amide bonds. The van der Waals surface area contributed by atoms with Crippen LogP contribution in [0.5, 0.6) is 0 Å². The Labute approximate surface area is 135 Å². The minimum Gasteiger partial charge on any atom is -0.444 e. The van der Waals surface area contributed by atoms with Gasteiger partial charge in [0.25, 0.3) is 0 Å². The molecule has 0 aliphatic carbocycles. The van der Waals surface area contributed by atoms with Crippen LogP contribution in [0.2, 0.25) is 0 Å². The molecule has 1 aliphatic rings. The monoisotopic (exact) mass is 346 g/mol. The Kier molecular flexibility index (Phi) is 4.74. The van der Waals surface area contributed by atoms with Crippen molar-refractivity contribution in [1.29, 1.82) is 0 Å². The van der Waals surface area contributed by atoms with Gasteiger partial charge in [0, 0.05) is 6.54 Å². The van der Waals surface area contributed by atoms with E-state index in [1.807, 2.05) is 22.4 Å². The molecule has 126 valence electrons. The Bertz CT molecular complexity index is 619. The molecule has 3 heterocycles. The van der Waals surface area contributed by atoms with E-state index in [0.717, 1.165) is 10.6 Å². The van der Waals surface area contributed by atoms with Crippen molar-refractivity contribution in [2.24, 2.45) is 5.92 Å². The fourth-order valence-electron chi connectivity index (χ4n) is 2.82. The predicted molar refractivity (Wildman–Crippen MR) is 79.9 cm³/mol. The molecule has 1 aliphatic heterocycles. The van der Waals surface area contributed by atoms with Crippen LogP contribution in [-0.2, 0) is 6.54 Å². The average molecular weight is 346 g/mol. The molecule has 4 nitrogen and oxygen atoms in total. The van der Waals surface area contributed by atoms with Gasteiger partial charge in [-0.05, 0) is 43.3 Å². The summed E-state index contributed by atoms with van der Waals surface area (Å²) >= 11 is 1.54. The maximum atomic E-state index is 12.5. The molecule has 3 rings (SSSR count). The number of aliphatic hydroxyl groups is 1. The number of piperidine rings is 1. The molecule has 0 aromatic carbocycles. The lowest BCUT2D eigenvalue weighted by molar-refractivity contribution is -0.223. The Balaban J connectivity index is 1.53. The summed E-state index contributed by atoms with van der Waals surface area (Å²) in [4.78, 5) is 7.40. The minimum absolute atomic E-state index is 0.330. The van der Waals surface area contributed by atoms with Crippen LogP contribution in [0.4, 0.5) is 13.2 Å². The van der Waals surface area contributed by atoms with E-state index in [1.165, 1.54) is 11.3 Å². The third kappa shape index (κ3) is 3.94. The largest absolute Gasteiger partial charge is 0.444 e. The van der Waals surface area contributed by atoms with Crippen LogP contribution in [0.3, 0.4) is 0 Å². The average Bonchev–Trinajstić information content (AvgIpc) is 3.17. The summed E-state index contributed by atoms with van der Waals surface area (Å²) in [7, 11) is 0. The summed E-state index contributed by atoms with van der Waals surface area (Å²) in [6.07, 6.45) is -4.51. The van der Waals surface area contributed by atoms with Crippen molar-refractivity contribution < 1.29 is 22.7 Å². The molecule has 1 atom stereocenters. The lowest BCUT2D eigenvalue weighted by atomic mass is 9.91. The predicted octanol–water partition coefficient (Wildman–Crippen LogP) is 3.54. The number of alkyl halides is 3. The van der Waals surface area contributed by atoms with Crippen molar-refractivity contribution in [2.45, 2.75) is 31.7 Å². The van der Waals surface area contributed by atoms with E-state index in [9.17, 15) is 18.3 Å². The summed E-state index contributed by atoms with van der Waals surface area (Å²) in [5, 5.41) is 11.3. The second kappa shape index (κ2) is 6.62. The van der Waals surface area contributed by atoms with E-state index in [2.05, 4.69) is 4.98 Å². The van der Waals surface area contributed by atoms with Gasteiger partial charge in [0.2, 0.25) is 5.89 Å². The standard InChI is InChI=1S/C15H17F3N2O2S/c16-15(17,18)13(21)10-3-5-20(6-4-10)8-11-9-22-14(19-11)12-2-1-7-23-12/h1-2,7,9-10,13,21H,3-6,8H2. The van der Waals surface area contributed by atoms with Crippen molar-refractivity contribution in [3.63, 3.8) is 0 Å². The first-order valence-electron chi connectivity index (χ1n) is 7.39. The van der Waals surface area contributed by atoms with Gasteiger partial charge in [-0.3, -0.25) is 4.90 Å². The third-order valence-corrected chi connectivity index (χ3v) is 4.94. The molecule has 1 fully saturated rings. The number of aliphatic hydroxyl groups excluding tert-OH is 1. The number of rotatable bonds is 4. The molecule has 23 heavy (non-hydrogen) atoms. The van der Waals surface area contributed by atoms with E-state index in [4.69, 9.17) is 4.42 Å². The van der Waals surface area contributed by atoms with Crippen LogP contribution in [0, 0.1) is 5.92 Å². The lowest BCUT2D eigenvalue weighted by Crippen LogP contribution is -2.43. The molecule has 1 saturated heterocycles. The highest BCUT2D eigenvalue weighted by atomic mass is 32.1. The minimum atomic E-state index is -4.53. The van der Waals surface area contributed by atoms with Crippen molar-refractivity contribution in [3.8, 4) is 10.8 Å². The number of aromatic nitrogens is 1. The number of likely N-dealkylation sites (tertiary alicyclic amines) is 1. The van der Waals surface area contributed by atoms with Gasteiger partial charge in [0.1, 0.15) is 6.26 Å². The van der Waals surface area contributed by atoms with E-state index >= 15 is 0 Å². The lowest BCUT2D eigenvalue weighted by Gasteiger charge is -2.34. The Hall–Kier alpha value is -1.38. The Morgan fingerprint density at radius 2 is 2.13 bits per heavy atom. The van der Waals surface area contributed by atoms with E-state index < -0.39 is 18.2 Å². The van der Waals surface area contributed by atoms with E-state index in [1.54, 1.807) is 6.26 Å². The molecular formula is C15H17F3N2O2S. The van der Waals surface area contributed by atoms with Gasteiger partial charge in [0.15, 0.2) is 6.10 Å². The van der Waals surface area contributed by atoms with Crippen molar-refractivity contribution in [1.82, 2.24) is 9.88 Å². The molecule has 0 saturated carbocycles. The molecular weight excluding hydrogens is 329 g/mol. The highest BCUT2D eigenvalue weighted by Gasteiger charge is 2.44. The first-order valence-corrected chi connectivity index (χ1v) is 8.27. The maximum Gasteiger partial charge on any atom is 0.414 e. The molecule has 0 radical (unpaired) electrons. The number of oxazole rings is 1. The van der Waals surface area contributed by atoms with Crippen LogP contribution < -0.4 is 0 Å². The number of nitrogens with zero attached hydrogens (tertiary/aromatic N) is 2. The Morgan fingerprint density at radius 1 is 1.39 bits per heavy atom. The first-order chi connectivity index (χ1) is 10.9. The fourth-order valence-corrected chi connectivity index (χ4v) is 3.47. The highest BCUT2D eigenvalue weighted by Crippen LogP contribution is 2.32. The normalized spacial score (nSPS) is 19.1. The fraction of sp³-hybridized carbons (Fsp3) is 0.533. The molecule has 1 N–H and O–H groups in total. The zero-order valence-corrected chi connectivity index (χ0v) is 13.1. The smallest absolute Gasteiger partial charge is 0.414 e. The number of halogens is 3. The first kappa shape index (κ1) is 16.5. The molecule has 8 heteroatoms. The van der Waals surface area contributed by atoms with Crippen molar-refractivity contribution in [3.05, 3.63) is 29.5 Å². The zero-order chi connectivity index (χ0) is 16.4. The molecule has 0 spiro atoms. The van der Waals surface area contributed by atoms with Gasteiger partial charge in [-0.15, -0.1) is 11.3 Å². The molecule has 2 aromatic heterocycles. The van der Waals surface area contributed by atoms with Crippen molar-refractivity contribution in [2.75, 3.05) is 13.1 Å². The summed E-state index contributed by atoms with van der Waals surface area (Å²) < 4.78 is 43.0. The molecule has 2 aromatic rings. The maximum absolute atomic E-state index is 12.5. The van der Waals surface area contributed by atoms with Gasteiger partial charge in [-0.1, -0.05) is 6.07 Å². The van der Waals surface area contributed by atoms with E-state index in [-0.39, 0.29) is 0 Å². The van der Waals surface area contributed by atoms with Crippen molar-refractivity contribution >= 4 is 11.3 Å². The molecule has 1 unspecified atom stereocenters. The van der Waals surface area contributed by atoms with Crippen LogP contribution in [0.25, 0.3) is 10.8 Å². The topological polar surface area (TPSA) is 49.5 Å². The number of hydrogen-bond donors (Lipinski definition) is 1. The van der Waals surface area contributed by atoms with Crippen LogP contribution in [0.15, 0.2) is 28.2 Å². The molecule has 0 bridgehead atoms. The summed E-state index contributed by atoms with van der Waals surface area (Å²) in [6.45, 7) is 1.57. The van der Waals surface area contributed by atoms with E-state index in [0.29, 0.717) is 38.4 Å². The Morgan fingerprint density at radius 3 is 2.74 bits per heavy atom. The van der Waals surface area contributed by atoms with Gasteiger partial charge in [-0.25, -0.2) is 4.98 Å². The summed E-state index contributed by atoms with van der Waals surface area (Å²) in [5.74, 6) is -0.150. The quantitative estimate of drug-likeness (QED) is 0.920. The second-order valence-corrected chi connectivity index (χ2v) is 6.67. The van der Waals surface area contributed by atoms with Gasteiger partial charge >= 0.3 is 6.18 Å².